The lowest BCUT2D eigenvalue weighted by Crippen LogP contribution is -2.01. The summed E-state index contributed by atoms with van der Waals surface area (Å²) in [6.45, 7) is 0. The summed E-state index contributed by atoms with van der Waals surface area (Å²) in [7, 11) is 2.16. The fourth-order valence-corrected chi connectivity index (χ4v) is 3.20. The molecule has 0 fully saturated rings. The first-order chi connectivity index (χ1) is 11.3. The first-order valence-electron chi connectivity index (χ1n) is 7.97. The number of hydrogen-bond acceptors (Lipinski definition) is 0. The molecule has 4 rings (SSSR count). The zero-order valence-electron chi connectivity index (χ0n) is 13.2. The molecule has 4 aromatic carbocycles. The molecule has 1 heteroatoms. The predicted molar refractivity (Wildman–Crippen MR) is 103 cm³/mol. The third-order valence-corrected chi connectivity index (χ3v) is 4.34. The van der Waals surface area contributed by atoms with E-state index >= 15 is 0 Å². The van der Waals surface area contributed by atoms with Gasteiger partial charge in [0.05, 0.1) is 0 Å². The van der Waals surface area contributed by atoms with Crippen LogP contribution in [0.25, 0.3) is 33.0 Å². The van der Waals surface area contributed by atoms with Crippen molar-refractivity contribution >= 4 is 24.1 Å². The van der Waals surface area contributed by atoms with Crippen molar-refractivity contribution in [2.45, 2.75) is 0 Å². The normalized spacial score (nSPS) is 10.8. The first kappa shape index (κ1) is 13.8. The minimum absolute atomic E-state index is 1.26. The lowest BCUT2D eigenvalue weighted by atomic mass is 9.87. The summed E-state index contributed by atoms with van der Waals surface area (Å²) < 4.78 is 0. The number of rotatable bonds is 2. The number of hydrogen-bond donors (Lipinski definition) is 0. The van der Waals surface area contributed by atoms with E-state index in [0.717, 1.165) is 0 Å². The van der Waals surface area contributed by atoms with Crippen molar-refractivity contribution in [2.75, 3.05) is 0 Å². The molecule has 0 radical (unpaired) electrons. The Morgan fingerprint density at radius 3 is 1.57 bits per heavy atom. The molecule has 0 saturated carbocycles. The summed E-state index contributed by atoms with van der Waals surface area (Å²) in [6, 6.07) is 32.5. The molecule has 23 heavy (non-hydrogen) atoms. The summed E-state index contributed by atoms with van der Waals surface area (Å²) in [5.41, 5.74) is 6.41. The SMILES string of the molecule is Bc1ccc2c(-c3ccccc3)ccc(-c3ccccc3)c2c1. The molecule has 0 aliphatic carbocycles. The Morgan fingerprint density at radius 2 is 1.00 bits per heavy atom. The van der Waals surface area contributed by atoms with Gasteiger partial charge in [0.15, 0.2) is 0 Å². The van der Waals surface area contributed by atoms with Crippen LogP contribution in [0.3, 0.4) is 0 Å². The van der Waals surface area contributed by atoms with Gasteiger partial charge >= 0.3 is 0 Å². The Kier molecular flexibility index (Phi) is 3.47. The van der Waals surface area contributed by atoms with Crippen LogP contribution < -0.4 is 5.46 Å². The highest BCUT2D eigenvalue weighted by atomic mass is 14.1. The van der Waals surface area contributed by atoms with Gasteiger partial charge in [0.1, 0.15) is 7.85 Å². The molecular formula is C22H17B. The van der Waals surface area contributed by atoms with Gasteiger partial charge in [-0.25, -0.2) is 0 Å². The standard InChI is InChI=1S/C22H17B/c23-18-11-12-21-19(16-7-3-1-4-8-16)13-14-20(22(21)15-18)17-9-5-2-6-10-17/h1-15H,23H2. The van der Waals surface area contributed by atoms with Gasteiger partial charge in [-0.3, -0.25) is 0 Å². The Morgan fingerprint density at radius 1 is 0.478 bits per heavy atom. The largest absolute Gasteiger partial charge is 0.139 e. The van der Waals surface area contributed by atoms with E-state index in [9.17, 15) is 0 Å². The molecule has 0 unspecified atom stereocenters. The van der Waals surface area contributed by atoms with Gasteiger partial charge in [0.25, 0.3) is 0 Å². The molecule has 0 heterocycles. The van der Waals surface area contributed by atoms with Crippen molar-refractivity contribution in [3.63, 3.8) is 0 Å². The Hall–Kier alpha value is -2.80. The van der Waals surface area contributed by atoms with Crippen molar-refractivity contribution in [1.29, 1.82) is 0 Å². The van der Waals surface area contributed by atoms with Crippen LogP contribution in [0.5, 0.6) is 0 Å². The monoisotopic (exact) mass is 292 g/mol. The lowest BCUT2D eigenvalue weighted by molar-refractivity contribution is 1.63. The van der Waals surface area contributed by atoms with Gasteiger partial charge in [-0.2, -0.15) is 0 Å². The van der Waals surface area contributed by atoms with Crippen LogP contribution in [0, 0.1) is 0 Å². The Bertz CT molecular complexity index is 957. The van der Waals surface area contributed by atoms with Crippen molar-refractivity contribution in [2.24, 2.45) is 0 Å². The predicted octanol–water partition coefficient (Wildman–Crippen LogP) is 4.43. The van der Waals surface area contributed by atoms with Gasteiger partial charge in [-0.05, 0) is 33.0 Å². The molecule has 0 nitrogen and oxygen atoms in total. The molecule has 0 spiro atoms. The summed E-state index contributed by atoms with van der Waals surface area (Å²) in [5, 5.41) is 2.63. The maximum atomic E-state index is 2.30. The van der Waals surface area contributed by atoms with E-state index in [1.807, 2.05) is 0 Å². The zero-order valence-corrected chi connectivity index (χ0v) is 13.2. The van der Waals surface area contributed by atoms with Crippen LogP contribution in [0.4, 0.5) is 0 Å². The quantitative estimate of drug-likeness (QED) is 0.479. The smallest absolute Gasteiger partial charge is 0.0883 e. The van der Waals surface area contributed by atoms with E-state index in [0.29, 0.717) is 0 Å². The Labute approximate surface area is 137 Å². The van der Waals surface area contributed by atoms with Gasteiger partial charge in [0.2, 0.25) is 0 Å². The topological polar surface area (TPSA) is 0 Å². The fraction of sp³-hybridized carbons (Fsp3) is 0. The van der Waals surface area contributed by atoms with Crippen molar-refractivity contribution < 1.29 is 0 Å². The fourth-order valence-electron chi connectivity index (χ4n) is 3.20. The highest BCUT2D eigenvalue weighted by Crippen LogP contribution is 2.34. The van der Waals surface area contributed by atoms with Crippen LogP contribution in [-0.4, -0.2) is 7.85 Å². The summed E-state index contributed by atoms with van der Waals surface area (Å²) >= 11 is 0. The molecule has 0 bridgehead atoms. The van der Waals surface area contributed by atoms with E-state index in [4.69, 9.17) is 0 Å². The second-order valence-electron chi connectivity index (χ2n) is 5.94. The summed E-state index contributed by atoms with van der Waals surface area (Å²) in [6.07, 6.45) is 0. The van der Waals surface area contributed by atoms with Gasteiger partial charge in [-0.1, -0.05) is 96.5 Å². The molecule has 0 aliphatic rings. The highest BCUT2D eigenvalue weighted by Gasteiger charge is 2.09. The lowest BCUT2D eigenvalue weighted by Gasteiger charge is -2.13. The molecule has 108 valence electrons. The summed E-state index contributed by atoms with van der Waals surface area (Å²) in [4.78, 5) is 0. The molecule has 4 aromatic rings. The molecule has 0 aromatic heterocycles. The van der Waals surface area contributed by atoms with Crippen molar-refractivity contribution in [1.82, 2.24) is 0 Å². The molecular weight excluding hydrogens is 275 g/mol. The third-order valence-electron chi connectivity index (χ3n) is 4.34. The van der Waals surface area contributed by atoms with Gasteiger partial charge in [0, 0.05) is 0 Å². The molecule has 0 aliphatic heterocycles. The maximum Gasteiger partial charge on any atom is 0.139 e. The van der Waals surface area contributed by atoms with Crippen LogP contribution in [-0.2, 0) is 0 Å². The zero-order chi connectivity index (χ0) is 15.6. The van der Waals surface area contributed by atoms with Gasteiger partial charge < -0.3 is 0 Å². The van der Waals surface area contributed by atoms with Crippen LogP contribution >= 0.6 is 0 Å². The molecule has 0 saturated heterocycles. The third kappa shape index (κ3) is 2.55. The van der Waals surface area contributed by atoms with E-state index < -0.39 is 0 Å². The van der Waals surface area contributed by atoms with E-state index in [1.54, 1.807) is 0 Å². The molecule has 0 N–H and O–H groups in total. The first-order valence-corrected chi connectivity index (χ1v) is 7.97. The van der Waals surface area contributed by atoms with E-state index in [1.165, 1.54) is 38.5 Å². The molecule has 0 amide bonds. The van der Waals surface area contributed by atoms with Crippen LogP contribution in [0.1, 0.15) is 0 Å². The van der Waals surface area contributed by atoms with Crippen molar-refractivity contribution in [3.05, 3.63) is 91.0 Å². The maximum absolute atomic E-state index is 2.30. The second kappa shape index (κ2) is 5.77. The highest BCUT2D eigenvalue weighted by molar-refractivity contribution is 6.33. The van der Waals surface area contributed by atoms with E-state index in [2.05, 4.69) is 98.8 Å². The minimum Gasteiger partial charge on any atom is -0.0883 e. The van der Waals surface area contributed by atoms with E-state index in [-0.39, 0.29) is 0 Å². The average molecular weight is 292 g/mol. The summed E-state index contributed by atoms with van der Waals surface area (Å²) in [5.74, 6) is 0. The van der Waals surface area contributed by atoms with Gasteiger partial charge in [-0.15, -0.1) is 0 Å². The Balaban J connectivity index is 2.03. The average Bonchev–Trinajstić information content (AvgIpc) is 2.62. The molecule has 0 atom stereocenters. The minimum atomic E-state index is 1.26. The van der Waals surface area contributed by atoms with Crippen LogP contribution in [0.2, 0.25) is 0 Å². The number of benzene rings is 4. The van der Waals surface area contributed by atoms with Crippen molar-refractivity contribution in [3.8, 4) is 22.3 Å². The van der Waals surface area contributed by atoms with Crippen LogP contribution in [0.15, 0.2) is 91.0 Å². The second-order valence-corrected chi connectivity index (χ2v) is 5.94. The number of fused-ring (bicyclic) bond motifs is 1.